The highest BCUT2D eigenvalue weighted by Gasteiger charge is 2.49. The minimum absolute atomic E-state index is 0.0231. The smallest absolute Gasteiger partial charge is 0.248 e. The van der Waals surface area contributed by atoms with Gasteiger partial charge >= 0.3 is 0 Å². The van der Waals surface area contributed by atoms with Gasteiger partial charge in [0.05, 0.1) is 25.7 Å². The molecule has 3 aliphatic heterocycles. The molecule has 3 fully saturated rings. The number of likely N-dealkylation sites (tertiary alicyclic amines) is 3. The summed E-state index contributed by atoms with van der Waals surface area (Å²) >= 11 is 0. The van der Waals surface area contributed by atoms with Crippen LogP contribution in [0.5, 0.6) is 0 Å². The lowest BCUT2D eigenvalue weighted by Gasteiger charge is -2.37. The molecule has 0 aliphatic carbocycles. The average Bonchev–Trinajstić information content (AvgIpc) is 1.78. The molecule has 3 saturated heterocycles. The van der Waals surface area contributed by atoms with Crippen molar-refractivity contribution in [3.63, 3.8) is 0 Å². The summed E-state index contributed by atoms with van der Waals surface area (Å²) in [6.07, 6.45) is 2.07. The van der Waals surface area contributed by atoms with E-state index in [1.54, 1.807) is 41.5 Å². The molecule has 32 heteroatoms. The lowest BCUT2D eigenvalue weighted by Crippen LogP contribution is -2.66. The van der Waals surface area contributed by atoms with E-state index in [0.29, 0.717) is 32.1 Å². The van der Waals surface area contributed by atoms with Gasteiger partial charge in [0.1, 0.15) is 76.0 Å². The lowest BCUT2D eigenvalue weighted by molar-refractivity contribution is -0.147. The molecule has 0 spiro atoms. The van der Waals surface area contributed by atoms with E-state index in [4.69, 9.17) is 5.73 Å². The van der Waals surface area contributed by atoms with E-state index in [0.717, 1.165) is 0 Å². The Labute approximate surface area is 594 Å². The first-order valence-corrected chi connectivity index (χ1v) is 35.5. The minimum Gasteiger partial charge on any atom is -0.394 e. The van der Waals surface area contributed by atoms with Crippen molar-refractivity contribution >= 4 is 88.6 Å². The van der Waals surface area contributed by atoms with Crippen molar-refractivity contribution in [2.45, 2.75) is 291 Å². The van der Waals surface area contributed by atoms with Crippen LogP contribution in [0.2, 0.25) is 0 Å². The standard InChI is InChI=1S/C69H119N15O17/c1-20-68(18,77-41(11)87)60(97)75-45(34-50(70)88)52(89)72-43(32-38(5)6)54(91)78-65(12,13)63(100)83-29-23-26-48(83)57(94)73-46(36-86)53(90)76-51(40(9)10)59(96)80-67(16,17)64(101)84-30-24-27-49(84)58(95)81-69(19,21-2)61(98)74-44(33-39(7)8)55(92)79-66(14,15)62(99)82-28-22-25-47(82)56(93)71-42(35-85)31-37(3)4/h37-40,42-49,51,85-86H,20-36H2,1-19H3,(H2,70,88)(H,71,93)(H,72,89)(H,73,94)(H,74,98)(H,75,97)(H,76,90)(H,77,87)(H,78,91)(H,79,92)(H,80,96)(H,81,95). The molecule has 15 amide bonds. The van der Waals surface area contributed by atoms with Gasteiger partial charge in [-0.25, -0.2) is 0 Å². The van der Waals surface area contributed by atoms with E-state index in [-0.39, 0.29) is 82.5 Å². The first-order valence-electron chi connectivity index (χ1n) is 35.5. The Morgan fingerprint density at radius 2 is 0.792 bits per heavy atom. The highest BCUT2D eigenvalue weighted by Crippen LogP contribution is 2.27. The summed E-state index contributed by atoms with van der Waals surface area (Å²) in [6.45, 7) is 29.5. The van der Waals surface area contributed by atoms with E-state index in [1.807, 2.05) is 27.7 Å². The van der Waals surface area contributed by atoms with Crippen molar-refractivity contribution in [3.8, 4) is 0 Å². The summed E-state index contributed by atoms with van der Waals surface area (Å²) in [5.41, 5.74) is -2.68. The molecular weight excluding hydrogens is 1310 g/mol. The zero-order valence-electron chi connectivity index (χ0n) is 63.0. The number of nitrogens with zero attached hydrogens (tertiary/aromatic N) is 3. The molecule has 11 atom stereocenters. The zero-order chi connectivity index (χ0) is 77.2. The third-order valence-electron chi connectivity index (χ3n) is 18.7. The second kappa shape index (κ2) is 37.2. The predicted octanol–water partition coefficient (Wildman–Crippen LogP) is -1.20. The molecule has 0 bridgehead atoms. The number of carbonyl (C=O) groups is 15. The Bertz CT molecular complexity index is 3030. The van der Waals surface area contributed by atoms with Crippen LogP contribution in [-0.4, -0.2) is 228 Å². The third kappa shape index (κ3) is 24.3. The maximum absolute atomic E-state index is 14.5. The Hall–Kier alpha value is -8.03. The van der Waals surface area contributed by atoms with E-state index in [9.17, 15) is 82.1 Å². The topological polar surface area (TPSA) is 465 Å². The summed E-state index contributed by atoms with van der Waals surface area (Å²) in [7, 11) is 0. The minimum atomic E-state index is -1.74. The van der Waals surface area contributed by atoms with Crippen LogP contribution in [0.1, 0.15) is 209 Å². The van der Waals surface area contributed by atoms with Crippen molar-refractivity contribution in [2.75, 3.05) is 32.8 Å². The first-order chi connectivity index (χ1) is 46.7. The van der Waals surface area contributed by atoms with Gasteiger partial charge in [0, 0.05) is 26.6 Å². The molecule has 15 N–H and O–H groups in total. The van der Waals surface area contributed by atoms with Crippen LogP contribution in [-0.2, 0) is 71.9 Å². The maximum Gasteiger partial charge on any atom is 0.248 e. The number of carbonyl (C=O) groups excluding carboxylic acids is 15. The number of aliphatic hydroxyl groups is 2. The fourth-order valence-electron chi connectivity index (χ4n) is 12.6. The Balaban J connectivity index is 1.72. The lowest BCUT2D eigenvalue weighted by atomic mass is 9.94. The number of nitrogens with two attached hydrogens (primary N) is 1. The largest absolute Gasteiger partial charge is 0.394 e. The van der Waals surface area contributed by atoms with E-state index >= 15 is 0 Å². The monoisotopic (exact) mass is 1430 g/mol. The van der Waals surface area contributed by atoms with Gasteiger partial charge in [0.2, 0.25) is 88.6 Å². The molecule has 0 aromatic carbocycles. The molecule has 0 aromatic heterocycles. The molecule has 0 saturated carbocycles. The molecule has 0 radical (unpaired) electrons. The van der Waals surface area contributed by atoms with E-state index in [1.165, 1.54) is 77.0 Å². The molecule has 3 heterocycles. The Kier molecular flexibility index (Phi) is 32.1. The number of rotatable bonds is 37. The number of hydrogen-bond donors (Lipinski definition) is 14. The summed E-state index contributed by atoms with van der Waals surface area (Å²) in [5, 5.41) is 49.6. The maximum atomic E-state index is 14.5. The number of aliphatic hydroxyl groups excluding tert-OH is 2. The van der Waals surface area contributed by atoms with Gasteiger partial charge in [-0.3, -0.25) is 71.9 Å². The summed E-state index contributed by atoms with van der Waals surface area (Å²) < 4.78 is 0. The normalized spacial score (nSPS) is 19.5. The van der Waals surface area contributed by atoms with Crippen LogP contribution >= 0.6 is 0 Å². The number of primary amides is 1. The molecule has 11 unspecified atom stereocenters. The van der Waals surface area contributed by atoms with Gasteiger partial charge < -0.3 is 89.1 Å². The predicted molar refractivity (Wildman–Crippen MR) is 373 cm³/mol. The Morgan fingerprint density at radius 1 is 0.426 bits per heavy atom. The van der Waals surface area contributed by atoms with Gasteiger partial charge in [-0.1, -0.05) is 69.2 Å². The van der Waals surface area contributed by atoms with Gasteiger partial charge in [0.15, 0.2) is 0 Å². The van der Waals surface area contributed by atoms with Crippen LogP contribution in [0, 0.1) is 23.7 Å². The molecule has 3 rings (SSSR count). The van der Waals surface area contributed by atoms with Crippen LogP contribution in [0.3, 0.4) is 0 Å². The number of hydrogen-bond acceptors (Lipinski definition) is 17. The molecular formula is C69H119N15O17. The second-order valence-electron chi connectivity index (χ2n) is 30.9. The second-order valence-corrected chi connectivity index (χ2v) is 30.9. The fraction of sp³-hybridized carbons (Fsp3) is 0.783. The molecule has 0 aromatic rings. The first kappa shape index (κ1) is 87.2. The van der Waals surface area contributed by atoms with Crippen molar-refractivity contribution < 1.29 is 82.1 Å². The van der Waals surface area contributed by atoms with Crippen molar-refractivity contribution in [3.05, 3.63) is 0 Å². The van der Waals surface area contributed by atoms with E-state index < -0.39 is 190 Å². The van der Waals surface area contributed by atoms with Gasteiger partial charge in [-0.05, 0) is 150 Å². The quantitative estimate of drug-likeness (QED) is 0.0347. The summed E-state index contributed by atoms with van der Waals surface area (Å²) in [4.78, 5) is 211. The molecule has 572 valence electrons. The SMILES string of the molecule is CCC(C)(NC(C)=O)C(=O)NC(CC(N)=O)C(=O)NC(CC(C)C)C(=O)NC(C)(C)C(=O)N1CCCC1C(=O)NC(CO)C(=O)NC(C(=O)NC(C)(C)C(=O)N1CCCC1C(=O)NC(C)(CC)C(=O)NC(CC(C)C)C(=O)NC(C)(C)C(=O)N1CCCC1C(=O)NC(CO)CC(C)C)C(C)C. The summed E-state index contributed by atoms with van der Waals surface area (Å²) in [5.74, 6) is -12.0. The Morgan fingerprint density at radius 3 is 1.16 bits per heavy atom. The summed E-state index contributed by atoms with van der Waals surface area (Å²) in [6, 6.07) is -10.8. The average molecular weight is 1430 g/mol. The third-order valence-corrected chi connectivity index (χ3v) is 18.7. The van der Waals surface area contributed by atoms with Crippen LogP contribution < -0.4 is 64.2 Å². The van der Waals surface area contributed by atoms with E-state index in [2.05, 4.69) is 58.5 Å². The molecule has 101 heavy (non-hydrogen) atoms. The van der Waals surface area contributed by atoms with Crippen molar-refractivity contribution in [1.82, 2.24) is 73.2 Å². The number of amides is 15. The van der Waals surface area contributed by atoms with Crippen molar-refractivity contribution in [2.24, 2.45) is 29.4 Å². The highest BCUT2D eigenvalue weighted by atomic mass is 16.3. The molecule has 3 aliphatic rings. The fourth-order valence-corrected chi connectivity index (χ4v) is 12.6. The van der Waals surface area contributed by atoms with Crippen LogP contribution in [0.4, 0.5) is 0 Å². The highest BCUT2D eigenvalue weighted by molar-refractivity contribution is 6.03. The zero-order valence-corrected chi connectivity index (χ0v) is 63.0. The number of nitrogens with one attached hydrogen (secondary N) is 11. The van der Waals surface area contributed by atoms with Crippen molar-refractivity contribution in [1.29, 1.82) is 0 Å². The van der Waals surface area contributed by atoms with Gasteiger partial charge in [0.25, 0.3) is 0 Å². The van der Waals surface area contributed by atoms with Crippen LogP contribution in [0.25, 0.3) is 0 Å². The molecule has 32 nitrogen and oxygen atoms in total. The van der Waals surface area contributed by atoms with Gasteiger partial charge in [-0.2, -0.15) is 0 Å². The van der Waals surface area contributed by atoms with Gasteiger partial charge in [-0.15, -0.1) is 0 Å². The van der Waals surface area contributed by atoms with Crippen LogP contribution in [0.15, 0.2) is 0 Å².